The first-order valence-electron chi connectivity index (χ1n) is 10.0. The van der Waals surface area contributed by atoms with Crippen LogP contribution in [-0.4, -0.2) is 21.3 Å². The lowest BCUT2D eigenvalue weighted by Crippen LogP contribution is -2.46. The van der Waals surface area contributed by atoms with E-state index in [1.165, 1.54) is 5.56 Å². The van der Waals surface area contributed by atoms with Crippen molar-refractivity contribution in [3.63, 3.8) is 0 Å². The highest BCUT2D eigenvalue weighted by Crippen LogP contribution is 2.25. The van der Waals surface area contributed by atoms with Crippen LogP contribution in [0.4, 0.5) is 0 Å². The second kappa shape index (κ2) is 7.51. The third kappa shape index (κ3) is 4.58. The SMILES string of the molecule is CC(C)(C)c1ccc(C(=O)N(Cc2cc3ccccc3[nH]c2=O)C(C)(C)C)cc1. The zero-order chi connectivity index (χ0) is 21.4. The number of aromatic nitrogens is 1. The number of benzene rings is 2. The molecule has 1 heterocycles. The van der Waals surface area contributed by atoms with Crippen molar-refractivity contribution in [1.82, 2.24) is 9.88 Å². The minimum atomic E-state index is -0.433. The minimum absolute atomic E-state index is 0.0314. The van der Waals surface area contributed by atoms with E-state index in [2.05, 4.69) is 25.8 Å². The van der Waals surface area contributed by atoms with Crippen LogP contribution in [0.15, 0.2) is 59.4 Å². The smallest absolute Gasteiger partial charge is 0.254 e. The number of hydrogen-bond donors (Lipinski definition) is 1. The van der Waals surface area contributed by atoms with Gasteiger partial charge in [0.25, 0.3) is 11.5 Å². The lowest BCUT2D eigenvalue weighted by atomic mass is 9.86. The lowest BCUT2D eigenvalue weighted by molar-refractivity contribution is 0.0558. The van der Waals surface area contributed by atoms with E-state index in [1.54, 1.807) is 4.90 Å². The molecule has 0 saturated carbocycles. The molecular weight excluding hydrogens is 360 g/mol. The molecule has 0 fully saturated rings. The van der Waals surface area contributed by atoms with Crippen LogP contribution in [0.5, 0.6) is 0 Å². The van der Waals surface area contributed by atoms with Crippen molar-refractivity contribution in [1.29, 1.82) is 0 Å². The van der Waals surface area contributed by atoms with Gasteiger partial charge in [-0.05, 0) is 61.4 Å². The molecule has 4 nitrogen and oxygen atoms in total. The predicted octanol–water partition coefficient (Wildman–Crippen LogP) is 5.27. The molecule has 29 heavy (non-hydrogen) atoms. The summed E-state index contributed by atoms with van der Waals surface area (Å²) in [5, 5.41) is 0.956. The number of hydrogen-bond acceptors (Lipinski definition) is 2. The topological polar surface area (TPSA) is 53.2 Å². The van der Waals surface area contributed by atoms with Gasteiger partial charge in [0.2, 0.25) is 0 Å². The summed E-state index contributed by atoms with van der Waals surface area (Å²) >= 11 is 0. The van der Waals surface area contributed by atoms with Crippen molar-refractivity contribution in [2.75, 3.05) is 0 Å². The molecule has 152 valence electrons. The average molecular weight is 391 g/mol. The van der Waals surface area contributed by atoms with E-state index in [1.807, 2.05) is 75.4 Å². The van der Waals surface area contributed by atoms with Crippen LogP contribution in [0.2, 0.25) is 0 Å². The van der Waals surface area contributed by atoms with Crippen LogP contribution in [0.3, 0.4) is 0 Å². The van der Waals surface area contributed by atoms with Crippen molar-refractivity contribution in [2.45, 2.75) is 59.0 Å². The fraction of sp³-hybridized carbons (Fsp3) is 0.360. The minimum Gasteiger partial charge on any atom is -0.329 e. The number of aromatic amines is 1. The number of amides is 1. The number of fused-ring (bicyclic) bond motifs is 1. The predicted molar refractivity (Wildman–Crippen MR) is 119 cm³/mol. The van der Waals surface area contributed by atoms with Crippen LogP contribution < -0.4 is 5.56 Å². The van der Waals surface area contributed by atoms with Gasteiger partial charge < -0.3 is 9.88 Å². The fourth-order valence-corrected chi connectivity index (χ4v) is 3.36. The Balaban J connectivity index is 1.96. The fourth-order valence-electron chi connectivity index (χ4n) is 3.36. The highest BCUT2D eigenvalue weighted by molar-refractivity contribution is 5.94. The molecule has 0 atom stereocenters. The van der Waals surface area contributed by atoms with Gasteiger partial charge in [-0.25, -0.2) is 0 Å². The van der Waals surface area contributed by atoms with Crippen molar-refractivity contribution in [2.24, 2.45) is 0 Å². The molecule has 0 bridgehead atoms. The van der Waals surface area contributed by atoms with E-state index in [0.29, 0.717) is 11.1 Å². The molecule has 3 rings (SSSR count). The van der Waals surface area contributed by atoms with Crippen molar-refractivity contribution in [3.05, 3.63) is 81.6 Å². The first kappa shape index (κ1) is 20.8. The van der Waals surface area contributed by atoms with Crippen LogP contribution >= 0.6 is 0 Å². The lowest BCUT2D eigenvalue weighted by Gasteiger charge is -2.36. The second-order valence-corrected chi connectivity index (χ2v) is 9.60. The Morgan fingerprint density at radius 3 is 2.14 bits per heavy atom. The number of H-pyrrole nitrogens is 1. The maximum absolute atomic E-state index is 13.3. The maximum Gasteiger partial charge on any atom is 0.254 e. The highest BCUT2D eigenvalue weighted by atomic mass is 16.2. The van der Waals surface area contributed by atoms with E-state index in [4.69, 9.17) is 0 Å². The third-order valence-electron chi connectivity index (χ3n) is 5.21. The average Bonchev–Trinajstić information content (AvgIpc) is 2.64. The van der Waals surface area contributed by atoms with Gasteiger partial charge in [-0.2, -0.15) is 0 Å². The summed E-state index contributed by atoms with van der Waals surface area (Å²) < 4.78 is 0. The largest absolute Gasteiger partial charge is 0.329 e. The van der Waals surface area contributed by atoms with Crippen LogP contribution in [0.1, 0.15) is 63.0 Å². The van der Waals surface area contributed by atoms with E-state index < -0.39 is 5.54 Å². The first-order valence-corrected chi connectivity index (χ1v) is 10.0. The number of carbonyl (C=O) groups is 1. The zero-order valence-corrected chi connectivity index (χ0v) is 18.2. The van der Waals surface area contributed by atoms with Gasteiger partial charge in [0.05, 0.1) is 6.54 Å². The Kier molecular flexibility index (Phi) is 5.40. The van der Waals surface area contributed by atoms with Crippen molar-refractivity contribution < 1.29 is 4.79 Å². The Labute approximate surface area is 172 Å². The summed E-state index contributed by atoms with van der Waals surface area (Å²) in [6.07, 6.45) is 0. The zero-order valence-electron chi connectivity index (χ0n) is 18.2. The molecule has 4 heteroatoms. The molecule has 3 aromatic rings. The van der Waals surface area contributed by atoms with Crippen molar-refractivity contribution in [3.8, 4) is 0 Å². The summed E-state index contributed by atoms with van der Waals surface area (Å²) in [7, 11) is 0. The molecule has 1 N–H and O–H groups in total. The van der Waals surface area contributed by atoms with Gasteiger partial charge in [0.1, 0.15) is 0 Å². The van der Waals surface area contributed by atoms with E-state index in [0.717, 1.165) is 10.9 Å². The number of pyridine rings is 1. The monoisotopic (exact) mass is 390 g/mol. The second-order valence-electron chi connectivity index (χ2n) is 9.60. The quantitative estimate of drug-likeness (QED) is 0.663. The number of carbonyl (C=O) groups excluding carboxylic acids is 1. The third-order valence-corrected chi connectivity index (χ3v) is 5.21. The molecule has 0 spiro atoms. The Hall–Kier alpha value is -2.88. The molecule has 0 radical (unpaired) electrons. The van der Waals surface area contributed by atoms with E-state index in [-0.39, 0.29) is 23.4 Å². The molecule has 0 aliphatic rings. The Morgan fingerprint density at radius 1 is 0.931 bits per heavy atom. The molecule has 1 aromatic heterocycles. The molecule has 0 unspecified atom stereocenters. The summed E-state index contributed by atoms with van der Waals surface area (Å²) in [6, 6.07) is 17.3. The van der Waals surface area contributed by atoms with Gasteiger partial charge in [0.15, 0.2) is 0 Å². The summed E-state index contributed by atoms with van der Waals surface area (Å²) in [5.41, 5.74) is 2.63. The summed E-state index contributed by atoms with van der Waals surface area (Å²) in [5.74, 6) is -0.0782. The van der Waals surface area contributed by atoms with Crippen LogP contribution in [0.25, 0.3) is 10.9 Å². The number of rotatable bonds is 3. The normalized spacial score (nSPS) is 12.2. The highest BCUT2D eigenvalue weighted by Gasteiger charge is 2.28. The molecule has 0 aliphatic heterocycles. The molecular formula is C25H30N2O2. The van der Waals surface area contributed by atoms with E-state index in [9.17, 15) is 9.59 Å². The van der Waals surface area contributed by atoms with Gasteiger partial charge in [0, 0.05) is 22.2 Å². The van der Waals surface area contributed by atoms with E-state index >= 15 is 0 Å². The molecule has 0 saturated heterocycles. The van der Waals surface area contributed by atoms with Crippen LogP contribution in [-0.2, 0) is 12.0 Å². The Bertz CT molecular complexity index is 1080. The molecule has 1 amide bonds. The maximum atomic E-state index is 13.3. The van der Waals surface area contributed by atoms with Gasteiger partial charge >= 0.3 is 0 Å². The van der Waals surface area contributed by atoms with Crippen LogP contribution in [0, 0.1) is 0 Å². The molecule has 2 aromatic carbocycles. The van der Waals surface area contributed by atoms with Gasteiger partial charge in [-0.1, -0.05) is 51.1 Å². The first-order chi connectivity index (χ1) is 13.5. The van der Waals surface area contributed by atoms with Gasteiger partial charge in [-0.3, -0.25) is 9.59 Å². The van der Waals surface area contributed by atoms with Gasteiger partial charge in [-0.15, -0.1) is 0 Å². The van der Waals surface area contributed by atoms with Crippen molar-refractivity contribution >= 4 is 16.8 Å². The molecule has 0 aliphatic carbocycles. The number of para-hydroxylation sites is 1. The number of nitrogens with one attached hydrogen (secondary N) is 1. The summed E-state index contributed by atoms with van der Waals surface area (Å²) in [6.45, 7) is 12.7. The summed E-state index contributed by atoms with van der Waals surface area (Å²) in [4.78, 5) is 30.6. The Morgan fingerprint density at radius 2 is 1.55 bits per heavy atom. The number of nitrogens with zero attached hydrogens (tertiary/aromatic N) is 1. The standard InChI is InChI=1S/C25H30N2O2/c1-24(2,3)20-13-11-17(12-14-20)23(29)27(25(4,5)6)16-19-15-18-9-7-8-10-21(18)26-22(19)28/h7-15H,16H2,1-6H3,(H,26,28).